The molecule has 0 unspecified atom stereocenters. The molecule has 2 aromatic carbocycles. The van der Waals surface area contributed by atoms with Gasteiger partial charge in [-0.05, 0) is 97.7 Å². The van der Waals surface area contributed by atoms with Crippen LogP contribution < -0.4 is 9.47 Å². The van der Waals surface area contributed by atoms with Crippen LogP contribution in [0.25, 0.3) is 22.8 Å². The fourth-order valence-electron chi connectivity index (χ4n) is 4.87. The Morgan fingerprint density at radius 3 is 1.47 bits per heavy atom. The maximum Gasteiger partial charge on any atom is 0.311 e. The van der Waals surface area contributed by atoms with Crippen molar-refractivity contribution in [3.8, 4) is 34.3 Å². The number of rotatable bonds is 17. The molecule has 0 bridgehead atoms. The summed E-state index contributed by atoms with van der Waals surface area (Å²) in [4.78, 5) is 42.9. The van der Waals surface area contributed by atoms with Gasteiger partial charge in [0.1, 0.15) is 11.5 Å². The first-order chi connectivity index (χ1) is 21.9. The van der Waals surface area contributed by atoms with Crippen LogP contribution in [-0.4, -0.2) is 31.9 Å². The summed E-state index contributed by atoms with van der Waals surface area (Å²) in [7, 11) is 0. The van der Waals surface area contributed by atoms with Gasteiger partial charge in [0.2, 0.25) is 0 Å². The molecule has 0 aliphatic carbocycles. The van der Waals surface area contributed by atoms with Gasteiger partial charge >= 0.3 is 11.9 Å². The number of aromatic nitrogens is 4. The van der Waals surface area contributed by atoms with Gasteiger partial charge in [0, 0.05) is 48.8 Å². The van der Waals surface area contributed by atoms with Crippen molar-refractivity contribution in [3.63, 3.8) is 0 Å². The van der Waals surface area contributed by atoms with Gasteiger partial charge in [-0.1, -0.05) is 46.5 Å². The van der Waals surface area contributed by atoms with E-state index in [1.165, 1.54) is 25.7 Å². The predicted octanol–water partition coefficient (Wildman–Crippen LogP) is 8.38. The summed E-state index contributed by atoms with van der Waals surface area (Å²) in [6.45, 7) is 6.30. The van der Waals surface area contributed by atoms with Crippen molar-refractivity contribution in [1.29, 1.82) is 0 Å². The van der Waals surface area contributed by atoms with E-state index < -0.39 is 0 Å². The van der Waals surface area contributed by atoms with Crippen molar-refractivity contribution in [3.05, 3.63) is 84.4 Å². The summed E-state index contributed by atoms with van der Waals surface area (Å²) >= 11 is 0. The highest BCUT2D eigenvalue weighted by Gasteiger charge is 2.15. The lowest BCUT2D eigenvalue weighted by molar-refractivity contribution is -0.137. The van der Waals surface area contributed by atoms with Crippen LogP contribution in [0, 0.1) is 5.92 Å². The number of nitrogens with zero attached hydrogens (tertiary/aromatic N) is 4. The third-order valence-electron chi connectivity index (χ3n) is 7.59. The smallest absolute Gasteiger partial charge is 0.311 e. The van der Waals surface area contributed by atoms with Crippen LogP contribution in [-0.2, 0) is 22.4 Å². The zero-order valence-corrected chi connectivity index (χ0v) is 26.7. The van der Waals surface area contributed by atoms with Gasteiger partial charge in [0.15, 0.2) is 11.6 Å². The molecule has 0 saturated carbocycles. The van der Waals surface area contributed by atoms with Crippen molar-refractivity contribution >= 4 is 11.9 Å². The molecule has 2 aromatic heterocycles. The molecule has 0 aliphatic rings. The Morgan fingerprint density at radius 1 is 0.622 bits per heavy atom. The van der Waals surface area contributed by atoms with E-state index in [-0.39, 0.29) is 30.7 Å². The largest absolute Gasteiger partial charge is 0.427 e. The molecule has 8 heteroatoms. The second-order valence-electron chi connectivity index (χ2n) is 11.6. The lowest BCUT2D eigenvalue weighted by Gasteiger charge is -2.11. The number of benzene rings is 2. The van der Waals surface area contributed by atoms with Crippen LogP contribution in [0.2, 0.25) is 0 Å². The first-order valence-corrected chi connectivity index (χ1v) is 16.2. The normalized spacial score (nSPS) is 11.6. The zero-order valence-electron chi connectivity index (χ0n) is 26.7. The minimum atomic E-state index is -0.345. The van der Waals surface area contributed by atoms with Gasteiger partial charge in [0.05, 0.1) is 0 Å². The number of hydrogen-bond acceptors (Lipinski definition) is 8. The van der Waals surface area contributed by atoms with Crippen molar-refractivity contribution in [2.24, 2.45) is 5.92 Å². The lowest BCUT2D eigenvalue weighted by atomic mass is 10.0. The summed E-state index contributed by atoms with van der Waals surface area (Å²) in [6.07, 6.45) is 17.5. The average molecular weight is 609 g/mol. The second-order valence-corrected chi connectivity index (χ2v) is 11.6. The van der Waals surface area contributed by atoms with Crippen LogP contribution in [0.3, 0.4) is 0 Å². The van der Waals surface area contributed by atoms with E-state index in [0.29, 0.717) is 29.6 Å². The van der Waals surface area contributed by atoms with Crippen molar-refractivity contribution in [2.45, 2.75) is 91.4 Å². The second kappa shape index (κ2) is 17.7. The van der Waals surface area contributed by atoms with E-state index in [9.17, 15) is 9.59 Å². The molecule has 0 N–H and O–H groups in total. The molecule has 8 nitrogen and oxygen atoms in total. The van der Waals surface area contributed by atoms with Crippen molar-refractivity contribution < 1.29 is 19.1 Å². The van der Waals surface area contributed by atoms with Crippen LogP contribution in [0.5, 0.6) is 11.5 Å². The molecule has 4 rings (SSSR count). The molecule has 1 atom stereocenters. The Kier molecular flexibility index (Phi) is 13.2. The number of esters is 2. The summed E-state index contributed by atoms with van der Waals surface area (Å²) < 4.78 is 11.0. The number of carbonyl (C=O) groups excluding carboxylic acids is 2. The monoisotopic (exact) mass is 608 g/mol. The van der Waals surface area contributed by atoms with Crippen LogP contribution in [0.1, 0.15) is 89.7 Å². The molecule has 0 fully saturated rings. The maximum atomic E-state index is 12.5. The van der Waals surface area contributed by atoms with Gasteiger partial charge in [0.25, 0.3) is 0 Å². The van der Waals surface area contributed by atoms with E-state index in [2.05, 4.69) is 33.8 Å². The Balaban J connectivity index is 1.16. The first-order valence-electron chi connectivity index (χ1n) is 16.2. The molecule has 4 aromatic rings. The van der Waals surface area contributed by atoms with Crippen LogP contribution in [0.4, 0.5) is 0 Å². The minimum absolute atomic E-state index is 0.0435. The van der Waals surface area contributed by atoms with E-state index in [4.69, 9.17) is 9.47 Å². The summed E-state index contributed by atoms with van der Waals surface area (Å²) in [5.41, 5.74) is 3.99. The highest BCUT2D eigenvalue weighted by molar-refractivity contribution is 5.74. The SMILES string of the molecule is CCCCCc1cnc(-c2ccc(OC(=O)CC[C@@H](C)CC(=O)Oc3ccc(-c4ncc(CCCCC)cn4)cc3)cc2)nc1. The third-order valence-corrected chi connectivity index (χ3v) is 7.59. The molecule has 0 aliphatic heterocycles. The molecular weight excluding hydrogens is 564 g/mol. The van der Waals surface area contributed by atoms with Crippen molar-refractivity contribution in [1.82, 2.24) is 19.9 Å². The van der Waals surface area contributed by atoms with E-state index in [0.717, 1.165) is 47.9 Å². The van der Waals surface area contributed by atoms with Gasteiger partial charge < -0.3 is 9.47 Å². The van der Waals surface area contributed by atoms with Crippen molar-refractivity contribution in [2.75, 3.05) is 0 Å². The first kappa shape index (κ1) is 33.4. The number of hydrogen-bond donors (Lipinski definition) is 0. The standard InChI is InChI=1S/C37H44N4O4/c1-4-6-8-10-28-23-38-36(39-24-28)30-13-17-32(18-14-30)44-34(42)21-12-27(3)22-35(43)45-33-19-15-31(16-20-33)37-40-25-29(26-41-37)11-9-7-5-2/h13-20,23-27H,4-12,21-22H2,1-3H3/t27-/m1/s1. The quantitative estimate of drug-likeness (QED) is 0.0669. The van der Waals surface area contributed by atoms with Crippen LogP contribution in [0.15, 0.2) is 73.3 Å². The fraction of sp³-hybridized carbons (Fsp3) is 0.405. The third kappa shape index (κ3) is 11.2. The Bertz CT molecular complexity index is 1470. The van der Waals surface area contributed by atoms with Gasteiger partial charge in [-0.3, -0.25) is 9.59 Å². The molecule has 0 saturated heterocycles. The molecular formula is C37H44N4O4. The molecule has 0 spiro atoms. The molecule has 0 amide bonds. The Hall–Kier alpha value is -4.46. The number of unbranched alkanes of at least 4 members (excludes halogenated alkanes) is 4. The summed E-state index contributed by atoms with van der Waals surface area (Å²) in [6, 6.07) is 14.4. The fourth-order valence-corrected chi connectivity index (χ4v) is 4.87. The minimum Gasteiger partial charge on any atom is -0.427 e. The lowest BCUT2D eigenvalue weighted by Crippen LogP contribution is -2.15. The van der Waals surface area contributed by atoms with Gasteiger partial charge in [-0.25, -0.2) is 19.9 Å². The Morgan fingerprint density at radius 2 is 1.04 bits per heavy atom. The zero-order chi connectivity index (χ0) is 31.9. The number of aryl methyl sites for hydroxylation is 2. The molecule has 2 heterocycles. The highest BCUT2D eigenvalue weighted by Crippen LogP contribution is 2.23. The number of ether oxygens (including phenoxy) is 2. The Labute approximate surface area is 266 Å². The molecule has 45 heavy (non-hydrogen) atoms. The van der Waals surface area contributed by atoms with Gasteiger partial charge in [-0.2, -0.15) is 0 Å². The molecule has 0 radical (unpaired) electrons. The highest BCUT2D eigenvalue weighted by atomic mass is 16.5. The molecule has 236 valence electrons. The van der Waals surface area contributed by atoms with Crippen LogP contribution >= 0.6 is 0 Å². The maximum absolute atomic E-state index is 12.5. The average Bonchev–Trinajstić information content (AvgIpc) is 3.05. The summed E-state index contributed by atoms with van der Waals surface area (Å²) in [5.74, 6) is 1.47. The van der Waals surface area contributed by atoms with Gasteiger partial charge in [-0.15, -0.1) is 0 Å². The van der Waals surface area contributed by atoms with E-state index in [1.54, 1.807) is 24.3 Å². The predicted molar refractivity (Wildman–Crippen MR) is 176 cm³/mol. The topological polar surface area (TPSA) is 104 Å². The van der Waals surface area contributed by atoms with E-state index in [1.807, 2.05) is 56.0 Å². The summed E-state index contributed by atoms with van der Waals surface area (Å²) in [5, 5.41) is 0. The van der Waals surface area contributed by atoms with E-state index >= 15 is 0 Å². The number of carbonyl (C=O) groups is 2.